The highest BCUT2D eigenvalue weighted by Crippen LogP contribution is 2.16. The second kappa shape index (κ2) is 4.39. The molecule has 1 heterocycles. The van der Waals surface area contributed by atoms with E-state index in [1.807, 2.05) is 6.07 Å². The molecular weight excluding hydrogens is 204 g/mol. The summed E-state index contributed by atoms with van der Waals surface area (Å²) in [7, 11) is 0. The molecule has 1 aromatic carbocycles. The van der Waals surface area contributed by atoms with E-state index in [-0.39, 0.29) is 12.5 Å². The van der Waals surface area contributed by atoms with Crippen LogP contribution in [0.3, 0.4) is 0 Å². The summed E-state index contributed by atoms with van der Waals surface area (Å²) in [5.74, 6) is 5.56. The summed E-state index contributed by atoms with van der Waals surface area (Å²) in [6.45, 7) is 0.713. The van der Waals surface area contributed by atoms with Gasteiger partial charge in [0.1, 0.15) is 0 Å². The van der Waals surface area contributed by atoms with Gasteiger partial charge in [-0.25, -0.2) is 0 Å². The van der Waals surface area contributed by atoms with Crippen molar-refractivity contribution < 1.29 is 4.79 Å². The maximum atomic E-state index is 11.3. The van der Waals surface area contributed by atoms with Crippen molar-refractivity contribution in [3.8, 4) is 11.8 Å². The highest BCUT2D eigenvalue weighted by molar-refractivity contribution is 5.98. The molecule has 2 rings (SSSR count). The van der Waals surface area contributed by atoms with Crippen LogP contribution in [0.1, 0.15) is 21.5 Å². The van der Waals surface area contributed by atoms with E-state index < -0.39 is 0 Å². The fourth-order valence-electron chi connectivity index (χ4n) is 1.52. The van der Waals surface area contributed by atoms with Crippen molar-refractivity contribution in [3.63, 3.8) is 0 Å². The molecule has 0 saturated heterocycles. The molecule has 1 N–H and O–H groups in total. The summed E-state index contributed by atoms with van der Waals surface area (Å²) in [4.78, 5) is 13.9. The number of azide groups is 1. The van der Waals surface area contributed by atoms with E-state index in [0.717, 1.165) is 11.1 Å². The van der Waals surface area contributed by atoms with Crippen molar-refractivity contribution in [2.24, 2.45) is 5.11 Å². The number of nitrogens with zero attached hydrogens (tertiary/aromatic N) is 3. The maximum Gasteiger partial charge on any atom is 0.251 e. The number of rotatable bonds is 1. The number of amides is 1. The Hall–Kier alpha value is -2.44. The molecule has 0 spiro atoms. The van der Waals surface area contributed by atoms with Crippen LogP contribution in [0.2, 0.25) is 0 Å². The average Bonchev–Trinajstić information content (AvgIpc) is 2.66. The Bertz CT molecular complexity index is 547. The molecule has 0 bridgehead atoms. The number of fused-ring (bicyclic) bond motifs is 1. The van der Waals surface area contributed by atoms with Crippen LogP contribution in [0.5, 0.6) is 0 Å². The molecule has 5 heteroatoms. The summed E-state index contributed by atoms with van der Waals surface area (Å²) in [5.41, 5.74) is 10.6. The predicted octanol–water partition coefficient (Wildman–Crippen LogP) is 1.59. The molecule has 16 heavy (non-hydrogen) atoms. The lowest BCUT2D eigenvalue weighted by atomic mass is 10.1. The molecule has 0 aliphatic carbocycles. The first-order valence-electron chi connectivity index (χ1n) is 4.72. The smallest absolute Gasteiger partial charge is 0.251 e. The van der Waals surface area contributed by atoms with Crippen molar-refractivity contribution in [2.75, 3.05) is 6.54 Å². The van der Waals surface area contributed by atoms with Crippen molar-refractivity contribution in [3.05, 3.63) is 45.3 Å². The number of carbonyl (C=O) groups is 1. The molecule has 0 saturated carbocycles. The predicted molar refractivity (Wildman–Crippen MR) is 58.5 cm³/mol. The first kappa shape index (κ1) is 10.1. The minimum Gasteiger partial charge on any atom is -0.348 e. The van der Waals surface area contributed by atoms with Crippen LogP contribution in [0.15, 0.2) is 23.3 Å². The standard InChI is InChI=1S/C11H8N4O/c12-15-14-5-1-2-8-3-4-10-9(6-8)7-13-11(10)16/h3-4,6H,5,7H2,(H,13,16). The Morgan fingerprint density at radius 2 is 2.44 bits per heavy atom. The average molecular weight is 212 g/mol. The Balaban J connectivity index is 2.21. The SMILES string of the molecule is [N-]=[N+]=NCC#Cc1ccc2c(c1)CNC2=O. The number of benzene rings is 1. The fourth-order valence-corrected chi connectivity index (χ4v) is 1.52. The van der Waals surface area contributed by atoms with Crippen molar-refractivity contribution in [1.82, 2.24) is 5.32 Å². The zero-order valence-electron chi connectivity index (χ0n) is 8.40. The van der Waals surface area contributed by atoms with E-state index >= 15 is 0 Å². The zero-order valence-corrected chi connectivity index (χ0v) is 8.40. The van der Waals surface area contributed by atoms with Crippen LogP contribution in [0.4, 0.5) is 0 Å². The van der Waals surface area contributed by atoms with E-state index in [4.69, 9.17) is 5.53 Å². The van der Waals surface area contributed by atoms with Gasteiger partial charge in [-0.1, -0.05) is 17.0 Å². The molecular formula is C11H8N4O. The summed E-state index contributed by atoms with van der Waals surface area (Å²) >= 11 is 0. The van der Waals surface area contributed by atoms with E-state index in [2.05, 4.69) is 27.2 Å². The van der Waals surface area contributed by atoms with Gasteiger partial charge in [0.2, 0.25) is 0 Å². The van der Waals surface area contributed by atoms with Crippen molar-refractivity contribution in [1.29, 1.82) is 0 Å². The van der Waals surface area contributed by atoms with E-state index in [0.29, 0.717) is 12.1 Å². The highest BCUT2D eigenvalue weighted by atomic mass is 16.1. The van der Waals surface area contributed by atoms with Crippen LogP contribution < -0.4 is 5.32 Å². The lowest BCUT2D eigenvalue weighted by Gasteiger charge is -1.95. The molecule has 78 valence electrons. The third kappa shape index (κ3) is 1.97. The number of carbonyl (C=O) groups excluding carboxylic acids is 1. The second-order valence-corrected chi connectivity index (χ2v) is 3.25. The van der Waals surface area contributed by atoms with E-state index in [9.17, 15) is 4.79 Å². The Kier molecular flexibility index (Phi) is 2.77. The molecule has 0 aromatic heterocycles. The van der Waals surface area contributed by atoms with Gasteiger partial charge in [-0.15, -0.1) is 0 Å². The van der Waals surface area contributed by atoms with Gasteiger partial charge in [0.05, 0.1) is 6.54 Å². The monoisotopic (exact) mass is 212 g/mol. The van der Waals surface area contributed by atoms with Crippen LogP contribution in [-0.2, 0) is 6.54 Å². The van der Waals surface area contributed by atoms with E-state index in [1.165, 1.54) is 0 Å². The largest absolute Gasteiger partial charge is 0.348 e. The molecule has 1 aliphatic heterocycles. The molecule has 0 atom stereocenters. The first-order chi connectivity index (χ1) is 7.81. The summed E-state index contributed by atoms with van der Waals surface area (Å²) in [5, 5.41) is 6.05. The van der Waals surface area contributed by atoms with Crippen LogP contribution in [-0.4, -0.2) is 12.5 Å². The molecule has 1 aromatic rings. The Labute approximate surface area is 92.1 Å². The fraction of sp³-hybridized carbons (Fsp3) is 0.182. The third-order valence-corrected chi connectivity index (χ3v) is 2.24. The quantitative estimate of drug-likeness (QED) is 0.326. The van der Waals surface area contributed by atoms with Gasteiger partial charge in [-0.3, -0.25) is 4.79 Å². The summed E-state index contributed by atoms with van der Waals surface area (Å²) < 4.78 is 0. The number of nitrogens with one attached hydrogen (secondary N) is 1. The highest BCUT2D eigenvalue weighted by Gasteiger charge is 2.17. The molecule has 5 nitrogen and oxygen atoms in total. The number of hydrogen-bond donors (Lipinski definition) is 1. The van der Waals surface area contributed by atoms with Crippen molar-refractivity contribution in [2.45, 2.75) is 6.54 Å². The zero-order chi connectivity index (χ0) is 11.4. The molecule has 1 amide bonds. The van der Waals surface area contributed by atoms with Gasteiger partial charge in [-0.05, 0) is 29.3 Å². The van der Waals surface area contributed by atoms with Gasteiger partial charge in [0.15, 0.2) is 0 Å². The molecule has 0 radical (unpaired) electrons. The third-order valence-electron chi connectivity index (χ3n) is 2.24. The first-order valence-corrected chi connectivity index (χ1v) is 4.72. The van der Waals surface area contributed by atoms with Crippen molar-refractivity contribution >= 4 is 5.91 Å². The Morgan fingerprint density at radius 1 is 1.56 bits per heavy atom. The minimum absolute atomic E-state index is 0.0383. The minimum atomic E-state index is -0.0383. The van der Waals surface area contributed by atoms with Crippen LogP contribution in [0.25, 0.3) is 10.4 Å². The molecule has 1 aliphatic rings. The van der Waals surface area contributed by atoms with Gasteiger partial charge in [0.25, 0.3) is 5.91 Å². The van der Waals surface area contributed by atoms with Gasteiger partial charge in [-0.2, -0.15) is 0 Å². The van der Waals surface area contributed by atoms with Gasteiger partial charge >= 0.3 is 0 Å². The normalized spacial score (nSPS) is 11.9. The topological polar surface area (TPSA) is 77.9 Å². The van der Waals surface area contributed by atoms with Gasteiger partial charge in [0, 0.05) is 22.6 Å². The van der Waals surface area contributed by atoms with Crippen LogP contribution in [0, 0.1) is 11.8 Å². The second-order valence-electron chi connectivity index (χ2n) is 3.25. The van der Waals surface area contributed by atoms with Crippen LogP contribution >= 0.6 is 0 Å². The number of hydrogen-bond acceptors (Lipinski definition) is 2. The van der Waals surface area contributed by atoms with E-state index in [1.54, 1.807) is 12.1 Å². The summed E-state index contributed by atoms with van der Waals surface area (Å²) in [6.07, 6.45) is 0. The van der Waals surface area contributed by atoms with Gasteiger partial charge < -0.3 is 5.32 Å². The lowest BCUT2D eigenvalue weighted by Crippen LogP contribution is -2.12. The maximum absolute atomic E-state index is 11.3. The molecule has 0 fully saturated rings. The lowest BCUT2D eigenvalue weighted by molar-refractivity contribution is 0.0966. The Morgan fingerprint density at radius 3 is 3.25 bits per heavy atom. The summed E-state index contributed by atoms with van der Waals surface area (Å²) in [6, 6.07) is 5.42. The molecule has 0 unspecified atom stereocenters.